The highest BCUT2D eigenvalue weighted by Gasteiger charge is 2.24. The number of carbonyl (C=O) groups excluding carboxylic acids is 1. The van der Waals surface area contributed by atoms with Crippen LogP contribution in [0, 0.1) is 11.3 Å². The van der Waals surface area contributed by atoms with Gasteiger partial charge in [-0.1, -0.05) is 34.6 Å². The molecule has 0 rings (SSSR count). The van der Waals surface area contributed by atoms with Crippen molar-refractivity contribution in [2.45, 2.75) is 72.8 Å². The number of amides is 1. The number of hydrogen-bond donors (Lipinski definition) is 2. The standard InChI is InChI=1S/C15H32N2O/c1-6-13(7-2)17-14(18)9-8-12(10-11-16)15(3,4)5/h12-13H,6-11,16H2,1-5H3,(H,17,18). The Hall–Kier alpha value is -0.570. The van der Waals surface area contributed by atoms with E-state index in [1.54, 1.807) is 0 Å². The topological polar surface area (TPSA) is 55.1 Å². The van der Waals surface area contributed by atoms with Crippen molar-refractivity contribution in [3.05, 3.63) is 0 Å². The van der Waals surface area contributed by atoms with Crippen molar-refractivity contribution in [3.63, 3.8) is 0 Å². The van der Waals surface area contributed by atoms with Gasteiger partial charge in [-0.3, -0.25) is 4.79 Å². The van der Waals surface area contributed by atoms with Crippen LogP contribution in [0.5, 0.6) is 0 Å². The molecule has 0 aliphatic rings. The van der Waals surface area contributed by atoms with Crippen molar-refractivity contribution >= 4 is 5.91 Å². The summed E-state index contributed by atoms with van der Waals surface area (Å²) in [6.07, 6.45) is 4.58. The Morgan fingerprint density at radius 2 is 1.72 bits per heavy atom. The third-order valence-electron chi connectivity index (χ3n) is 3.81. The number of rotatable bonds is 8. The predicted octanol–water partition coefficient (Wildman–Crippen LogP) is 3.08. The summed E-state index contributed by atoms with van der Waals surface area (Å²) in [7, 11) is 0. The Morgan fingerprint density at radius 3 is 2.11 bits per heavy atom. The molecule has 0 aromatic rings. The zero-order valence-corrected chi connectivity index (χ0v) is 12.9. The predicted molar refractivity (Wildman–Crippen MR) is 78.4 cm³/mol. The molecule has 3 heteroatoms. The molecule has 1 amide bonds. The fourth-order valence-electron chi connectivity index (χ4n) is 2.31. The zero-order chi connectivity index (χ0) is 14.2. The Balaban J connectivity index is 4.15. The van der Waals surface area contributed by atoms with E-state index in [0.717, 1.165) is 25.7 Å². The van der Waals surface area contributed by atoms with Gasteiger partial charge in [0.1, 0.15) is 0 Å². The maximum atomic E-state index is 11.9. The highest BCUT2D eigenvalue weighted by Crippen LogP contribution is 2.32. The summed E-state index contributed by atoms with van der Waals surface area (Å²) in [6, 6.07) is 0.333. The number of nitrogens with two attached hydrogens (primary N) is 1. The normalized spacial score (nSPS) is 13.7. The van der Waals surface area contributed by atoms with Crippen molar-refractivity contribution in [1.82, 2.24) is 5.32 Å². The minimum atomic E-state index is 0.190. The summed E-state index contributed by atoms with van der Waals surface area (Å²) in [5.41, 5.74) is 5.89. The molecule has 1 atom stereocenters. The molecule has 0 aromatic carbocycles. The largest absolute Gasteiger partial charge is 0.353 e. The highest BCUT2D eigenvalue weighted by atomic mass is 16.1. The van der Waals surface area contributed by atoms with Gasteiger partial charge < -0.3 is 11.1 Å². The molecular weight excluding hydrogens is 224 g/mol. The monoisotopic (exact) mass is 256 g/mol. The van der Waals surface area contributed by atoms with Crippen LogP contribution in [0.4, 0.5) is 0 Å². The molecule has 108 valence electrons. The van der Waals surface area contributed by atoms with Crippen LogP contribution in [-0.4, -0.2) is 18.5 Å². The average molecular weight is 256 g/mol. The van der Waals surface area contributed by atoms with E-state index in [9.17, 15) is 4.79 Å². The molecule has 0 aromatic heterocycles. The van der Waals surface area contributed by atoms with Crippen LogP contribution in [0.1, 0.15) is 66.7 Å². The van der Waals surface area contributed by atoms with Gasteiger partial charge in [-0.2, -0.15) is 0 Å². The Morgan fingerprint density at radius 1 is 1.17 bits per heavy atom. The van der Waals surface area contributed by atoms with Gasteiger partial charge >= 0.3 is 0 Å². The van der Waals surface area contributed by atoms with E-state index in [1.807, 2.05) is 0 Å². The number of nitrogens with one attached hydrogen (secondary N) is 1. The van der Waals surface area contributed by atoms with E-state index < -0.39 is 0 Å². The minimum absolute atomic E-state index is 0.190. The molecule has 3 N–H and O–H groups in total. The van der Waals surface area contributed by atoms with Crippen LogP contribution in [0.2, 0.25) is 0 Å². The average Bonchev–Trinajstić information content (AvgIpc) is 2.29. The first kappa shape index (κ1) is 17.4. The summed E-state index contributed by atoms with van der Waals surface area (Å²) in [5.74, 6) is 0.713. The Labute approximate surface area is 113 Å². The summed E-state index contributed by atoms with van der Waals surface area (Å²) in [6.45, 7) is 11.6. The van der Waals surface area contributed by atoms with E-state index in [1.165, 1.54) is 0 Å². The second-order valence-electron chi connectivity index (χ2n) is 6.26. The Kier molecular flexibility index (Phi) is 8.25. The maximum Gasteiger partial charge on any atom is 0.220 e. The van der Waals surface area contributed by atoms with Crippen molar-refractivity contribution in [1.29, 1.82) is 0 Å². The molecule has 0 fully saturated rings. The smallest absolute Gasteiger partial charge is 0.220 e. The molecule has 0 spiro atoms. The highest BCUT2D eigenvalue weighted by molar-refractivity contribution is 5.76. The lowest BCUT2D eigenvalue weighted by molar-refractivity contribution is -0.122. The maximum absolute atomic E-state index is 11.9. The third-order valence-corrected chi connectivity index (χ3v) is 3.81. The lowest BCUT2D eigenvalue weighted by Crippen LogP contribution is -2.34. The van der Waals surface area contributed by atoms with Gasteiger partial charge in [-0.25, -0.2) is 0 Å². The van der Waals surface area contributed by atoms with Crippen LogP contribution >= 0.6 is 0 Å². The second-order valence-corrected chi connectivity index (χ2v) is 6.26. The first-order chi connectivity index (χ1) is 8.35. The lowest BCUT2D eigenvalue weighted by atomic mass is 9.76. The zero-order valence-electron chi connectivity index (χ0n) is 12.9. The number of carbonyl (C=O) groups is 1. The summed E-state index contributed by atoms with van der Waals surface area (Å²) < 4.78 is 0. The van der Waals surface area contributed by atoms with E-state index in [4.69, 9.17) is 5.73 Å². The molecule has 0 aliphatic heterocycles. The van der Waals surface area contributed by atoms with Gasteiger partial charge in [0.05, 0.1) is 0 Å². The number of hydrogen-bond acceptors (Lipinski definition) is 2. The molecule has 0 aliphatic carbocycles. The van der Waals surface area contributed by atoms with E-state index in [-0.39, 0.29) is 11.3 Å². The Bertz CT molecular complexity index is 229. The third kappa shape index (κ3) is 7.00. The quantitative estimate of drug-likeness (QED) is 0.701. The lowest BCUT2D eigenvalue weighted by Gasteiger charge is -2.30. The van der Waals surface area contributed by atoms with Gasteiger partial charge in [0.2, 0.25) is 5.91 Å². The molecule has 0 heterocycles. The fourth-order valence-corrected chi connectivity index (χ4v) is 2.31. The van der Waals surface area contributed by atoms with Crippen molar-refractivity contribution in [3.8, 4) is 0 Å². The van der Waals surface area contributed by atoms with E-state index in [0.29, 0.717) is 24.9 Å². The molecular formula is C15H32N2O. The summed E-state index contributed by atoms with van der Waals surface area (Å²) in [5, 5.41) is 3.10. The minimum Gasteiger partial charge on any atom is -0.353 e. The van der Waals surface area contributed by atoms with Gasteiger partial charge in [0.25, 0.3) is 0 Å². The fraction of sp³-hybridized carbons (Fsp3) is 0.933. The molecule has 3 nitrogen and oxygen atoms in total. The summed E-state index contributed by atoms with van der Waals surface area (Å²) in [4.78, 5) is 11.9. The first-order valence-corrected chi connectivity index (χ1v) is 7.34. The summed E-state index contributed by atoms with van der Waals surface area (Å²) >= 11 is 0. The molecule has 0 radical (unpaired) electrons. The van der Waals surface area contributed by atoms with Crippen LogP contribution in [-0.2, 0) is 4.79 Å². The van der Waals surface area contributed by atoms with Crippen LogP contribution in [0.25, 0.3) is 0 Å². The van der Waals surface area contributed by atoms with Crippen LogP contribution < -0.4 is 11.1 Å². The molecule has 0 saturated heterocycles. The van der Waals surface area contributed by atoms with E-state index in [2.05, 4.69) is 39.9 Å². The van der Waals surface area contributed by atoms with Gasteiger partial charge in [0.15, 0.2) is 0 Å². The van der Waals surface area contributed by atoms with Crippen LogP contribution in [0.3, 0.4) is 0 Å². The molecule has 0 saturated carbocycles. The second kappa shape index (κ2) is 8.52. The van der Waals surface area contributed by atoms with Gasteiger partial charge in [-0.15, -0.1) is 0 Å². The SMILES string of the molecule is CCC(CC)NC(=O)CCC(CCN)C(C)(C)C. The van der Waals surface area contributed by atoms with E-state index >= 15 is 0 Å². The van der Waals surface area contributed by atoms with Gasteiger partial charge in [0, 0.05) is 12.5 Å². The van der Waals surface area contributed by atoms with Crippen LogP contribution in [0.15, 0.2) is 0 Å². The van der Waals surface area contributed by atoms with Crippen molar-refractivity contribution < 1.29 is 4.79 Å². The van der Waals surface area contributed by atoms with Crippen molar-refractivity contribution in [2.75, 3.05) is 6.54 Å². The molecule has 1 unspecified atom stereocenters. The van der Waals surface area contributed by atoms with Gasteiger partial charge in [-0.05, 0) is 43.6 Å². The molecule has 0 bridgehead atoms. The molecule has 18 heavy (non-hydrogen) atoms. The van der Waals surface area contributed by atoms with Crippen molar-refractivity contribution in [2.24, 2.45) is 17.1 Å². The first-order valence-electron chi connectivity index (χ1n) is 7.34.